The van der Waals surface area contributed by atoms with Crippen molar-refractivity contribution in [3.63, 3.8) is 0 Å². The highest BCUT2D eigenvalue weighted by atomic mass is 16.5. The Hall–Kier alpha value is -0.120. The van der Waals surface area contributed by atoms with Crippen LogP contribution in [0.25, 0.3) is 0 Å². The van der Waals surface area contributed by atoms with Crippen LogP contribution in [0.15, 0.2) is 0 Å². The van der Waals surface area contributed by atoms with Gasteiger partial charge in [0.2, 0.25) is 0 Å². The van der Waals surface area contributed by atoms with Crippen LogP contribution in [0, 0.1) is 5.92 Å². The van der Waals surface area contributed by atoms with Gasteiger partial charge in [-0.2, -0.15) is 0 Å². The molecule has 0 bridgehead atoms. The van der Waals surface area contributed by atoms with Crippen molar-refractivity contribution in [1.29, 1.82) is 0 Å². The molecule has 1 saturated carbocycles. The van der Waals surface area contributed by atoms with Crippen molar-refractivity contribution in [3.8, 4) is 0 Å². The summed E-state index contributed by atoms with van der Waals surface area (Å²) in [5.74, 6) is 0.842. The second-order valence-electron chi connectivity index (χ2n) is 5.81. The molecule has 3 atom stereocenters. The summed E-state index contributed by atoms with van der Waals surface area (Å²) in [5, 5.41) is 13.2. The molecule has 1 fully saturated rings. The van der Waals surface area contributed by atoms with Crippen LogP contribution in [-0.2, 0) is 4.74 Å². The van der Waals surface area contributed by atoms with E-state index in [2.05, 4.69) is 19.2 Å². The largest absolute Gasteiger partial charge is 0.389 e. The van der Waals surface area contributed by atoms with Crippen molar-refractivity contribution in [1.82, 2.24) is 5.32 Å². The molecule has 18 heavy (non-hydrogen) atoms. The molecule has 108 valence electrons. The van der Waals surface area contributed by atoms with Crippen LogP contribution in [0.2, 0.25) is 0 Å². The smallest absolute Gasteiger partial charge is 0.0897 e. The normalized spacial score (nSPS) is 25.5. The first-order valence-electron chi connectivity index (χ1n) is 7.71. The maximum atomic E-state index is 9.79. The van der Waals surface area contributed by atoms with Gasteiger partial charge in [0.15, 0.2) is 0 Å². The van der Waals surface area contributed by atoms with Gasteiger partial charge < -0.3 is 15.2 Å². The van der Waals surface area contributed by atoms with Crippen LogP contribution < -0.4 is 5.32 Å². The summed E-state index contributed by atoms with van der Waals surface area (Å²) in [6, 6.07) is 0.610. The van der Waals surface area contributed by atoms with E-state index in [1.165, 1.54) is 38.5 Å². The van der Waals surface area contributed by atoms with E-state index < -0.39 is 0 Å². The van der Waals surface area contributed by atoms with Gasteiger partial charge in [-0.1, -0.05) is 33.1 Å². The Balaban J connectivity index is 1.89. The number of aliphatic hydroxyl groups excluding tert-OH is 1. The van der Waals surface area contributed by atoms with Gasteiger partial charge >= 0.3 is 0 Å². The molecule has 0 radical (unpaired) electrons. The Morgan fingerprint density at radius 1 is 1.28 bits per heavy atom. The zero-order chi connectivity index (χ0) is 13.2. The molecular formula is C15H31NO2. The highest BCUT2D eigenvalue weighted by molar-refractivity contribution is 4.79. The number of ether oxygens (including phenoxy) is 1. The standard InChI is InChI=1S/C15H31NO2/c1-3-4-5-6-9-18-12-15(17)11-16-14-8-7-13(2)10-14/h13-17H,3-12H2,1-2H3. The van der Waals surface area contributed by atoms with Crippen LogP contribution in [0.3, 0.4) is 0 Å². The van der Waals surface area contributed by atoms with Crippen molar-refractivity contribution in [2.75, 3.05) is 19.8 Å². The molecule has 0 aromatic heterocycles. The molecule has 1 aliphatic rings. The topological polar surface area (TPSA) is 41.5 Å². The highest BCUT2D eigenvalue weighted by Crippen LogP contribution is 2.24. The summed E-state index contributed by atoms with van der Waals surface area (Å²) >= 11 is 0. The first-order valence-corrected chi connectivity index (χ1v) is 7.71. The SMILES string of the molecule is CCCCCCOCC(O)CNC1CCC(C)C1. The van der Waals surface area contributed by atoms with Gasteiger partial charge in [0.1, 0.15) is 0 Å². The Kier molecular flexibility index (Phi) is 8.64. The maximum Gasteiger partial charge on any atom is 0.0897 e. The fourth-order valence-corrected chi connectivity index (χ4v) is 2.60. The molecule has 0 aliphatic heterocycles. The van der Waals surface area contributed by atoms with Crippen LogP contribution in [0.1, 0.15) is 58.8 Å². The fraction of sp³-hybridized carbons (Fsp3) is 1.00. The lowest BCUT2D eigenvalue weighted by atomic mass is 10.1. The second-order valence-corrected chi connectivity index (χ2v) is 5.81. The molecule has 3 heteroatoms. The van der Waals surface area contributed by atoms with E-state index in [4.69, 9.17) is 4.74 Å². The average Bonchev–Trinajstić information content (AvgIpc) is 2.77. The van der Waals surface area contributed by atoms with E-state index in [0.717, 1.165) is 18.9 Å². The van der Waals surface area contributed by atoms with Gasteiger partial charge in [0.05, 0.1) is 12.7 Å². The van der Waals surface area contributed by atoms with Crippen molar-refractivity contribution >= 4 is 0 Å². The van der Waals surface area contributed by atoms with Gasteiger partial charge in [-0.15, -0.1) is 0 Å². The molecule has 0 aromatic rings. The molecule has 3 nitrogen and oxygen atoms in total. The Morgan fingerprint density at radius 2 is 2.11 bits per heavy atom. The summed E-state index contributed by atoms with van der Waals surface area (Å²) in [5.41, 5.74) is 0. The summed E-state index contributed by atoms with van der Waals surface area (Å²) in [7, 11) is 0. The number of aliphatic hydroxyl groups is 1. The highest BCUT2D eigenvalue weighted by Gasteiger charge is 2.21. The number of rotatable bonds is 10. The molecule has 0 saturated heterocycles. The number of hydrogen-bond donors (Lipinski definition) is 2. The first kappa shape index (κ1) is 15.9. The number of hydrogen-bond acceptors (Lipinski definition) is 3. The second kappa shape index (κ2) is 9.76. The van der Waals surface area contributed by atoms with Crippen molar-refractivity contribution in [2.45, 2.75) is 70.9 Å². The van der Waals surface area contributed by atoms with E-state index in [0.29, 0.717) is 19.2 Å². The summed E-state index contributed by atoms with van der Waals surface area (Å²) in [6.45, 7) is 6.45. The zero-order valence-corrected chi connectivity index (χ0v) is 12.2. The van der Waals surface area contributed by atoms with Gasteiger partial charge in [0, 0.05) is 19.2 Å². The summed E-state index contributed by atoms with van der Waals surface area (Å²) in [4.78, 5) is 0. The Morgan fingerprint density at radius 3 is 2.78 bits per heavy atom. The van der Waals surface area contributed by atoms with Crippen LogP contribution in [-0.4, -0.2) is 37.0 Å². The Labute approximate surface area is 112 Å². The molecule has 1 aliphatic carbocycles. The quantitative estimate of drug-likeness (QED) is 0.591. The van der Waals surface area contributed by atoms with Crippen LogP contribution in [0.4, 0.5) is 0 Å². The molecule has 1 rings (SSSR count). The van der Waals surface area contributed by atoms with Crippen LogP contribution >= 0.6 is 0 Å². The number of nitrogens with one attached hydrogen (secondary N) is 1. The lowest BCUT2D eigenvalue weighted by Crippen LogP contribution is -2.36. The first-order chi connectivity index (χ1) is 8.72. The van der Waals surface area contributed by atoms with Gasteiger partial charge in [-0.25, -0.2) is 0 Å². The van der Waals surface area contributed by atoms with Crippen molar-refractivity contribution in [2.24, 2.45) is 5.92 Å². The van der Waals surface area contributed by atoms with Gasteiger partial charge in [-0.05, 0) is 31.6 Å². The van der Waals surface area contributed by atoms with Crippen molar-refractivity contribution < 1.29 is 9.84 Å². The fourth-order valence-electron chi connectivity index (χ4n) is 2.60. The maximum absolute atomic E-state index is 9.79. The summed E-state index contributed by atoms with van der Waals surface area (Å²) < 4.78 is 5.49. The lowest BCUT2D eigenvalue weighted by Gasteiger charge is -2.16. The number of unbranched alkanes of at least 4 members (excludes halogenated alkanes) is 3. The van der Waals surface area contributed by atoms with E-state index in [-0.39, 0.29) is 6.10 Å². The van der Waals surface area contributed by atoms with Crippen LogP contribution in [0.5, 0.6) is 0 Å². The molecule has 0 amide bonds. The van der Waals surface area contributed by atoms with E-state index in [9.17, 15) is 5.11 Å². The molecule has 2 N–H and O–H groups in total. The molecular weight excluding hydrogens is 226 g/mol. The summed E-state index contributed by atoms with van der Waals surface area (Å²) in [6.07, 6.45) is 8.38. The van der Waals surface area contributed by atoms with E-state index in [1.54, 1.807) is 0 Å². The van der Waals surface area contributed by atoms with Gasteiger partial charge in [0.25, 0.3) is 0 Å². The molecule has 0 spiro atoms. The van der Waals surface area contributed by atoms with Gasteiger partial charge in [-0.3, -0.25) is 0 Å². The van der Waals surface area contributed by atoms with Crippen molar-refractivity contribution in [3.05, 3.63) is 0 Å². The minimum absolute atomic E-state index is 0.355. The molecule has 0 aromatic carbocycles. The predicted octanol–water partition coefficient (Wildman–Crippen LogP) is 2.72. The third-order valence-corrected chi connectivity index (χ3v) is 3.79. The monoisotopic (exact) mass is 257 g/mol. The lowest BCUT2D eigenvalue weighted by molar-refractivity contribution is 0.0342. The average molecular weight is 257 g/mol. The third kappa shape index (κ3) is 7.34. The third-order valence-electron chi connectivity index (χ3n) is 3.79. The zero-order valence-electron chi connectivity index (χ0n) is 12.2. The molecule has 0 heterocycles. The van der Waals surface area contributed by atoms with E-state index in [1.807, 2.05) is 0 Å². The predicted molar refractivity (Wildman–Crippen MR) is 75.8 cm³/mol. The molecule has 3 unspecified atom stereocenters. The minimum atomic E-state index is -0.355. The Bertz CT molecular complexity index is 199. The van der Waals surface area contributed by atoms with E-state index >= 15 is 0 Å². The minimum Gasteiger partial charge on any atom is -0.389 e.